The van der Waals surface area contributed by atoms with Crippen molar-refractivity contribution in [2.45, 2.75) is 6.42 Å². The van der Waals surface area contributed by atoms with Crippen molar-refractivity contribution in [3.8, 4) is 5.75 Å². The van der Waals surface area contributed by atoms with Gasteiger partial charge in [0, 0.05) is 6.42 Å². The fraction of sp³-hybridized carbons (Fsp3) is 0.0909. The van der Waals surface area contributed by atoms with Gasteiger partial charge < -0.3 is 10.8 Å². The van der Waals surface area contributed by atoms with Gasteiger partial charge in [-0.3, -0.25) is 0 Å². The second-order valence-electron chi connectivity index (χ2n) is 3.39. The van der Waals surface area contributed by atoms with E-state index in [0.29, 0.717) is 17.8 Å². The number of phenols is 1. The summed E-state index contributed by atoms with van der Waals surface area (Å²) in [6, 6.07) is 8.72. The largest absolute Gasteiger partial charge is 0.508 e. The highest BCUT2D eigenvalue weighted by atomic mass is 35.5. The fourth-order valence-corrected chi connectivity index (χ4v) is 1.47. The molecule has 0 atom stereocenters. The highest BCUT2D eigenvalue weighted by molar-refractivity contribution is 6.31. The molecule has 0 bridgehead atoms. The van der Waals surface area contributed by atoms with E-state index in [2.05, 4.69) is 10.2 Å². The number of phenolic OH excluding ortho intramolecular Hbond substituents is 1. The molecule has 0 saturated heterocycles. The first-order chi connectivity index (χ1) is 7.66. The van der Waals surface area contributed by atoms with Crippen molar-refractivity contribution < 1.29 is 5.11 Å². The average molecular weight is 236 g/mol. The highest BCUT2D eigenvalue weighted by Crippen LogP contribution is 2.21. The number of halogens is 1. The van der Waals surface area contributed by atoms with Crippen LogP contribution in [0.2, 0.25) is 5.15 Å². The predicted molar refractivity (Wildman–Crippen MR) is 62.4 cm³/mol. The van der Waals surface area contributed by atoms with E-state index in [1.807, 2.05) is 12.1 Å². The van der Waals surface area contributed by atoms with Crippen LogP contribution in [-0.4, -0.2) is 15.3 Å². The van der Waals surface area contributed by atoms with Gasteiger partial charge in [0.15, 0.2) is 5.15 Å². The number of aromatic nitrogens is 2. The Labute approximate surface area is 97.7 Å². The summed E-state index contributed by atoms with van der Waals surface area (Å²) >= 11 is 5.67. The Morgan fingerprint density at radius 1 is 1.25 bits per heavy atom. The normalized spacial score (nSPS) is 10.3. The molecule has 82 valence electrons. The lowest BCUT2D eigenvalue weighted by atomic mass is 10.1. The van der Waals surface area contributed by atoms with Crippen LogP contribution >= 0.6 is 11.6 Å². The van der Waals surface area contributed by atoms with Crippen molar-refractivity contribution >= 4 is 17.3 Å². The molecular weight excluding hydrogens is 226 g/mol. The number of nitrogens with zero attached hydrogens (tertiary/aromatic N) is 2. The predicted octanol–water partition coefficient (Wildman–Crippen LogP) is 2.01. The number of benzene rings is 1. The molecule has 5 heteroatoms. The van der Waals surface area contributed by atoms with E-state index in [0.717, 1.165) is 5.56 Å². The van der Waals surface area contributed by atoms with Crippen LogP contribution in [0.3, 0.4) is 0 Å². The lowest BCUT2D eigenvalue weighted by Crippen LogP contribution is -1.99. The van der Waals surface area contributed by atoms with Crippen LogP contribution in [0.15, 0.2) is 30.3 Å². The number of hydrogen-bond donors (Lipinski definition) is 2. The summed E-state index contributed by atoms with van der Waals surface area (Å²) in [6.45, 7) is 0. The van der Waals surface area contributed by atoms with Crippen LogP contribution in [0.1, 0.15) is 11.3 Å². The molecule has 16 heavy (non-hydrogen) atoms. The Balaban J connectivity index is 2.28. The molecule has 0 aliphatic heterocycles. The topological polar surface area (TPSA) is 72.0 Å². The summed E-state index contributed by atoms with van der Waals surface area (Å²) in [5.41, 5.74) is 7.45. The first kappa shape index (κ1) is 10.7. The molecule has 0 aliphatic rings. The summed E-state index contributed by atoms with van der Waals surface area (Å²) in [7, 11) is 0. The summed E-state index contributed by atoms with van der Waals surface area (Å²) in [6.07, 6.45) is 0.473. The van der Waals surface area contributed by atoms with Crippen molar-refractivity contribution in [1.29, 1.82) is 0 Å². The molecule has 1 heterocycles. The monoisotopic (exact) mass is 235 g/mol. The molecule has 1 aromatic heterocycles. The van der Waals surface area contributed by atoms with E-state index in [-0.39, 0.29) is 10.9 Å². The lowest BCUT2D eigenvalue weighted by Gasteiger charge is -2.04. The van der Waals surface area contributed by atoms with E-state index in [1.54, 1.807) is 18.2 Å². The summed E-state index contributed by atoms with van der Waals surface area (Å²) in [5, 5.41) is 17.4. The molecule has 0 fully saturated rings. The highest BCUT2D eigenvalue weighted by Gasteiger charge is 2.05. The van der Waals surface area contributed by atoms with Gasteiger partial charge in [-0.2, -0.15) is 5.10 Å². The van der Waals surface area contributed by atoms with Gasteiger partial charge in [0.1, 0.15) is 5.75 Å². The molecule has 0 saturated carbocycles. The third-order valence-corrected chi connectivity index (χ3v) is 2.48. The van der Waals surface area contributed by atoms with Gasteiger partial charge in [0.2, 0.25) is 0 Å². The van der Waals surface area contributed by atoms with Crippen molar-refractivity contribution in [2.75, 3.05) is 5.73 Å². The molecule has 1 aromatic carbocycles. The van der Waals surface area contributed by atoms with Crippen LogP contribution in [0.25, 0.3) is 0 Å². The van der Waals surface area contributed by atoms with Crippen LogP contribution in [0, 0.1) is 0 Å². The van der Waals surface area contributed by atoms with E-state index in [1.165, 1.54) is 0 Å². The Hall–Kier alpha value is -1.81. The maximum atomic E-state index is 9.59. The van der Waals surface area contributed by atoms with E-state index < -0.39 is 0 Å². The van der Waals surface area contributed by atoms with E-state index >= 15 is 0 Å². The number of nitrogen functional groups attached to an aromatic ring is 1. The second-order valence-corrected chi connectivity index (χ2v) is 3.75. The zero-order valence-corrected chi connectivity index (χ0v) is 9.15. The molecule has 0 spiro atoms. The Morgan fingerprint density at radius 2 is 2.00 bits per heavy atom. The molecule has 2 rings (SSSR count). The van der Waals surface area contributed by atoms with Gasteiger partial charge in [-0.25, -0.2) is 0 Å². The zero-order chi connectivity index (χ0) is 11.5. The Morgan fingerprint density at radius 3 is 2.69 bits per heavy atom. The zero-order valence-electron chi connectivity index (χ0n) is 8.39. The van der Waals surface area contributed by atoms with E-state index in [9.17, 15) is 5.11 Å². The third kappa shape index (κ3) is 2.23. The number of nitrogens with two attached hydrogens (primary N) is 1. The fourth-order valence-electron chi connectivity index (χ4n) is 1.38. The van der Waals surface area contributed by atoms with Gasteiger partial charge >= 0.3 is 0 Å². The SMILES string of the molecule is Nc1cc(Cc2ccccc2O)nnc1Cl. The minimum Gasteiger partial charge on any atom is -0.508 e. The maximum Gasteiger partial charge on any atom is 0.174 e. The van der Waals surface area contributed by atoms with Crippen molar-refractivity contribution in [3.63, 3.8) is 0 Å². The Kier molecular flexibility index (Phi) is 2.92. The molecular formula is C11H10ClN3O. The van der Waals surface area contributed by atoms with Crippen molar-refractivity contribution in [3.05, 3.63) is 46.7 Å². The van der Waals surface area contributed by atoms with Crippen LogP contribution in [0.4, 0.5) is 5.69 Å². The maximum absolute atomic E-state index is 9.59. The second kappa shape index (κ2) is 4.37. The molecule has 0 amide bonds. The van der Waals surface area contributed by atoms with Gasteiger partial charge in [0.25, 0.3) is 0 Å². The number of para-hydroxylation sites is 1. The van der Waals surface area contributed by atoms with Crippen molar-refractivity contribution in [1.82, 2.24) is 10.2 Å². The van der Waals surface area contributed by atoms with E-state index in [4.69, 9.17) is 17.3 Å². The molecule has 0 aliphatic carbocycles. The first-order valence-corrected chi connectivity index (χ1v) is 5.09. The van der Waals surface area contributed by atoms with Gasteiger partial charge in [-0.15, -0.1) is 5.10 Å². The minimum atomic E-state index is 0.195. The lowest BCUT2D eigenvalue weighted by molar-refractivity contribution is 0.469. The first-order valence-electron chi connectivity index (χ1n) is 4.71. The van der Waals surface area contributed by atoms with Gasteiger partial charge in [0.05, 0.1) is 11.4 Å². The number of hydrogen-bond acceptors (Lipinski definition) is 4. The molecule has 2 aromatic rings. The standard InChI is InChI=1S/C11H10ClN3O/c12-11-9(13)6-8(14-15-11)5-7-3-1-2-4-10(7)16/h1-4,6,16H,5H2,(H2,13,14). The summed E-state index contributed by atoms with van der Waals surface area (Å²) in [4.78, 5) is 0. The number of aromatic hydroxyl groups is 1. The molecule has 3 N–H and O–H groups in total. The van der Waals surface area contributed by atoms with Gasteiger partial charge in [-0.1, -0.05) is 29.8 Å². The summed E-state index contributed by atoms with van der Waals surface area (Å²) in [5.74, 6) is 0.234. The number of rotatable bonds is 2. The van der Waals surface area contributed by atoms with Gasteiger partial charge in [-0.05, 0) is 17.7 Å². The molecule has 0 radical (unpaired) electrons. The minimum absolute atomic E-state index is 0.195. The smallest absolute Gasteiger partial charge is 0.174 e. The van der Waals surface area contributed by atoms with Crippen LogP contribution in [0.5, 0.6) is 5.75 Å². The average Bonchev–Trinajstić information content (AvgIpc) is 2.27. The van der Waals surface area contributed by atoms with Crippen LogP contribution in [-0.2, 0) is 6.42 Å². The summed E-state index contributed by atoms with van der Waals surface area (Å²) < 4.78 is 0. The third-order valence-electron chi connectivity index (χ3n) is 2.19. The Bertz CT molecular complexity index is 516. The quantitative estimate of drug-likeness (QED) is 0.835. The number of anilines is 1. The molecule has 0 unspecified atom stereocenters. The van der Waals surface area contributed by atoms with Crippen LogP contribution < -0.4 is 5.73 Å². The molecule has 4 nitrogen and oxygen atoms in total. The van der Waals surface area contributed by atoms with Crippen molar-refractivity contribution in [2.24, 2.45) is 0 Å².